The Balaban J connectivity index is 1.15. The van der Waals surface area contributed by atoms with Gasteiger partial charge in [-0.3, -0.25) is 0 Å². The van der Waals surface area contributed by atoms with E-state index >= 15 is 0 Å². The lowest BCUT2D eigenvalue weighted by atomic mass is 9.41. The average Bonchev–Trinajstić information content (AvgIpc) is 3.27. The summed E-state index contributed by atoms with van der Waals surface area (Å²) in [6.07, 6.45) is 4.02. The Labute approximate surface area is 263 Å². The van der Waals surface area contributed by atoms with E-state index in [1.807, 2.05) is 13.8 Å². The van der Waals surface area contributed by atoms with Gasteiger partial charge in [-0.1, -0.05) is 27.7 Å². The predicted octanol–water partition coefficient (Wildman–Crippen LogP) is 3.71. The molecule has 7 aliphatic rings. The minimum Gasteiger partial charge on any atom is -0.393 e. The van der Waals surface area contributed by atoms with Gasteiger partial charge in [-0.2, -0.15) is 0 Å². The normalized spacial score (nSPS) is 59.8. The number of ether oxygens (including phenoxy) is 2. The summed E-state index contributed by atoms with van der Waals surface area (Å²) in [7, 11) is 0. The van der Waals surface area contributed by atoms with E-state index in [4.69, 9.17) is 9.47 Å². The lowest BCUT2D eigenvalue weighted by Crippen LogP contribution is -2.63. The fourth-order valence-electron chi connectivity index (χ4n) is 13.8. The molecule has 6 N–H and O–H groups in total. The van der Waals surface area contributed by atoms with Crippen molar-refractivity contribution >= 4 is 0 Å². The number of aliphatic hydroxyl groups is 6. The number of hydrogen-bond acceptors (Lipinski definition) is 8. The minimum atomic E-state index is -1.19. The maximum Gasteiger partial charge on any atom is 0.109 e. The van der Waals surface area contributed by atoms with Crippen LogP contribution in [0.2, 0.25) is 0 Å². The van der Waals surface area contributed by atoms with Crippen molar-refractivity contribution in [3.8, 4) is 0 Å². The Hall–Kier alpha value is -0.320. The van der Waals surface area contributed by atoms with Gasteiger partial charge < -0.3 is 40.1 Å². The van der Waals surface area contributed by atoms with E-state index in [1.54, 1.807) is 0 Å². The van der Waals surface area contributed by atoms with Crippen LogP contribution in [-0.2, 0) is 9.47 Å². The van der Waals surface area contributed by atoms with Crippen LogP contribution >= 0.6 is 0 Å². The average molecular weight is 621 g/mol. The van der Waals surface area contributed by atoms with Crippen molar-refractivity contribution in [2.45, 2.75) is 179 Å². The Kier molecular flexibility index (Phi) is 7.07. The molecular weight excluding hydrogens is 560 g/mol. The molecule has 252 valence electrons. The van der Waals surface area contributed by atoms with E-state index in [0.29, 0.717) is 18.8 Å². The summed E-state index contributed by atoms with van der Waals surface area (Å²) in [5.41, 5.74) is -1.81. The van der Waals surface area contributed by atoms with Crippen molar-refractivity contribution in [2.75, 3.05) is 0 Å². The van der Waals surface area contributed by atoms with Gasteiger partial charge in [0.25, 0.3) is 0 Å². The van der Waals surface area contributed by atoms with E-state index in [0.717, 1.165) is 57.8 Å². The summed E-state index contributed by atoms with van der Waals surface area (Å²) < 4.78 is 13.3. The largest absolute Gasteiger partial charge is 0.393 e. The van der Waals surface area contributed by atoms with Crippen molar-refractivity contribution in [3.05, 3.63) is 0 Å². The summed E-state index contributed by atoms with van der Waals surface area (Å²) in [5, 5.41) is 65.9. The van der Waals surface area contributed by atoms with E-state index in [2.05, 4.69) is 34.6 Å². The van der Waals surface area contributed by atoms with E-state index in [1.165, 1.54) is 0 Å². The molecule has 0 aromatic carbocycles. The van der Waals surface area contributed by atoms with Crippen LogP contribution in [0, 0.1) is 44.8 Å². The van der Waals surface area contributed by atoms with Crippen LogP contribution in [0.1, 0.15) is 119 Å². The van der Waals surface area contributed by atoms with Crippen molar-refractivity contribution in [3.63, 3.8) is 0 Å². The molecule has 6 aliphatic carbocycles. The summed E-state index contributed by atoms with van der Waals surface area (Å²) in [6.45, 7) is 15.1. The molecule has 8 heteroatoms. The number of hydrogen-bond donors (Lipinski definition) is 6. The monoisotopic (exact) mass is 620 g/mol. The Morgan fingerprint density at radius 3 is 2.07 bits per heavy atom. The number of rotatable bonds is 4. The summed E-state index contributed by atoms with van der Waals surface area (Å²) >= 11 is 0. The third-order valence-corrected chi connectivity index (χ3v) is 15.9. The third kappa shape index (κ3) is 3.98. The minimum absolute atomic E-state index is 0.0226. The van der Waals surface area contributed by atoms with Gasteiger partial charge in [0.05, 0.1) is 47.8 Å². The first kappa shape index (κ1) is 32.2. The molecule has 8 nitrogen and oxygen atoms in total. The fourth-order valence-corrected chi connectivity index (χ4v) is 13.8. The molecule has 7 rings (SSSR count). The molecular formula is C36H60O8. The van der Waals surface area contributed by atoms with Crippen molar-refractivity contribution in [1.29, 1.82) is 0 Å². The lowest BCUT2D eigenvalue weighted by molar-refractivity contribution is -0.237. The molecule has 0 bridgehead atoms. The molecule has 2 spiro atoms. The SMILES string of the molecule is CC(C)(O)C1CCC(C)(C2C(O)CC3(C)C4CC(O)C5C(C)(C)C(OC6CCC(O)C(O)C6O)CCC56CC46CCC23C)O1. The van der Waals surface area contributed by atoms with Crippen LogP contribution in [0.5, 0.6) is 0 Å². The molecule has 1 aliphatic heterocycles. The molecule has 44 heavy (non-hydrogen) atoms. The standard InChI is InChI=1S/C36H60O8/c1-30(2)24(43-22-9-8-19(37)26(40)27(22)41)11-13-36-18-35(36)15-14-32(5)29(34(7)12-10-25(44-34)31(3,4)42)21(39)17-33(32,6)23(35)16-20(38)28(30)36/h19-29,37-42H,8-18H2,1-7H3. The molecule has 1 heterocycles. The molecule has 7 fully saturated rings. The molecule has 16 unspecified atom stereocenters. The molecule has 16 atom stereocenters. The predicted molar refractivity (Wildman–Crippen MR) is 164 cm³/mol. The highest BCUT2D eigenvalue weighted by Crippen LogP contribution is 2.89. The molecule has 0 aromatic heterocycles. The number of aliphatic hydroxyl groups excluding tert-OH is 5. The Morgan fingerprint density at radius 2 is 1.41 bits per heavy atom. The van der Waals surface area contributed by atoms with Crippen molar-refractivity contribution in [1.82, 2.24) is 0 Å². The van der Waals surface area contributed by atoms with E-state index in [-0.39, 0.29) is 51.1 Å². The fraction of sp³-hybridized carbons (Fsp3) is 1.00. The van der Waals surface area contributed by atoms with Gasteiger partial charge in [-0.25, -0.2) is 0 Å². The van der Waals surface area contributed by atoms with Crippen LogP contribution in [0.25, 0.3) is 0 Å². The number of fused-ring (bicyclic) bond motifs is 2. The highest BCUT2D eigenvalue weighted by atomic mass is 16.5. The van der Waals surface area contributed by atoms with Crippen LogP contribution in [0.15, 0.2) is 0 Å². The van der Waals surface area contributed by atoms with Crippen LogP contribution in [-0.4, -0.2) is 90.7 Å². The highest BCUT2D eigenvalue weighted by Gasteiger charge is 2.85. The smallest absolute Gasteiger partial charge is 0.109 e. The molecule has 1 saturated heterocycles. The zero-order chi connectivity index (χ0) is 32.0. The van der Waals surface area contributed by atoms with Gasteiger partial charge in [0.2, 0.25) is 0 Å². The maximum atomic E-state index is 12.2. The molecule has 6 saturated carbocycles. The van der Waals surface area contributed by atoms with Gasteiger partial charge in [0.1, 0.15) is 12.2 Å². The second-order valence-corrected chi connectivity index (χ2v) is 18.7. The summed E-state index contributed by atoms with van der Waals surface area (Å²) in [4.78, 5) is 0. The first-order chi connectivity index (χ1) is 20.3. The van der Waals surface area contributed by atoms with Crippen molar-refractivity contribution in [2.24, 2.45) is 44.8 Å². The molecule has 0 aromatic rings. The van der Waals surface area contributed by atoms with E-state index in [9.17, 15) is 30.6 Å². The lowest BCUT2D eigenvalue weighted by Gasteiger charge is -2.65. The van der Waals surface area contributed by atoms with Gasteiger partial charge in [-0.15, -0.1) is 0 Å². The van der Waals surface area contributed by atoms with Gasteiger partial charge in [-0.05, 0) is 130 Å². The first-order valence-electron chi connectivity index (χ1n) is 17.7. The molecule has 0 radical (unpaired) electrons. The summed E-state index contributed by atoms with van der Waals surface area (Å²) in [6, 6.07) is 0. The highest BCUT2D eigenvalue weighted by molar-refractivity contribution is 5.33. The second-order valence-electron chi connectivity index (χ2n) is 18.7. The zero-order valence-electron chi connectivity index (χ0n) is 28.1. The van der Waals surface area contributed by atoms with Gasteiger partial charge >= 0.3 is 0 Å². The van der Waals surface area contributed by atoms with Gasteiger partial charge in [0.15, 0.2) is 0 Å². The topological polar surface area (TPSA) is 140 Å². The van der Waals surface area contributed by atoms with Crippen LogP contribution < -0.4 is 0 Å². The third-order valence-electron chi connectivity index (χ3n) is 15.9. The summed E-state index contributed by atoms with van der Waals surface area (Å²) in [5.74, 6) is 0.380. The Bertz CT molecular complexity index is 1150. The van der Waals surface area contributed by atoms with Crippen LogP contribution in [0.4, 0.5) is 0 Å². The van der Waals surface area contributed by atoms with Crippen molar-refractivity contribution < 1.29 is 40.1 Å². The second kappa shape index (κ2) is 9.64. The van der Waals surface area contributed by atoms with Crippen LogP contribution in [0.3, 0.4) is 0 Å². The quantitative estimate of drug-likeness (QED) is 0.280. The molecule has 0 amide bonds. The van der Waals surface area contributed by atoms with Gasteiger partial charge in [0, 0.05) is 5.92 Å². The van der Waals surface area contributed by atoms with E-state index < -0.39 is 47.8 Å². The Morgan fingerprint density at radius 1 is 0.705 bits per heavy atom. The maximum absolute atomic E-state index is 12.2. The first-order valence-corrected chi connectivity index (χ1v) is 17.7. The zero-order valence-corrected chi connectivity index (χ0v) is 28.1.